The number of aliphatic imine (C=N–C) groups is 4. The number of allylic oxidation sites excluding steroid dienone is 18. The lowest BCUT2D eigenvalue weighted by molar-refractivity contribution is 0.303. The van der Waals surface area contributed by atoms with Crippen molar-refractivity contribution in [3.8, 4) is 5.75 Å². The van der Waals surface area contributed by atoms with Crippen molar-refractivity contribution in [2.24, 2.45) is 20.0 Å². The highest BCUT2D eigenvalue weighted by Crippen LogP contribution is 2.39. The Labute approximate surface area is 494 Å². The Kier molecular flexibility index (Phi) is 19.7. The Bertz CT molecular complexity index is 3420. The third-order valence-electron chi connectivity index (χ3n) is 16.4. The average molecular weight is 1090 g/mol. The normalized spacial score (nSPS) is 16.9. The van der Waals surface area contributed by atoms with Crippen LogP contribution in [-0.4, -0.2) is 52.3 Å². The van der Waals surface area contributed by atoms with Crippen molar-refractivity contribution in [3.63, 3.8) is 0 Å². The van der Waals surface area contributed by atoms with Crippen molar-refractivity contribution in [3.05, 3.63) is 269 Å². The number of hydrogen-bond donors (Lipinski definition) is 0. The van der Waals surface area contributed by atoms with Crippen molar-refractivity contribution in [1.29, 1.82) is 0 Å². The number of fused-ring (bicyclic) bond motifs is 4. The second kappa shape index (κ2) is 29.0. The summed E-state index contributed by atoms with van der Waals surface area (Å²) in [6.07, 6.45) is 58.9. The van der Waals surface area contributed by atoms with E-state index in [2.05, 4.69) is 211 Å². The van der Waals surface area contributed by atoms with E-state index in [0.717, 1.165) is 135 Å². The molecule has 420 valence electrons. The van der Waals surface area contributed by atoms with Crippen LogP contribution in [0.5, 0.6) is 5.75 Å². The van der Waals surface area contributed by atoms with Gasteiger partial charge in [-0.25, -0.2) is 20.0 Å². The SMILES string of the molecule is CCCCCCCCCCCCCCCCN1C=CC(=C2C=CN(CCCCCCOc3ccc(C4=C5C=CC(=N5)C(c5ccccc5)=C5C=CC(=N5)C(c5ccccc5)=C5C=CC(=N5)C(c5ccccc5)=C5C=CC4=N5)cc3)C=C2)C=C1. The molecule has 0 radical (unpaired) electrons. The van der Waals surface area contributed by atoms with Gasteiger partial charge in [-0.1, -0.05) is 206 Å². The molecule has 7 aliphatic rings. The van der Waals surface area contributed by atoms with Gasteiger partial charge >= 0.3 is 0 Å². The summed E-state index contributed by atoms with van der Waals surface area (Å²) in [4.78, 5) is 26.3. The van der Waals surface area contributed by atoms with Crippen LogP contribution in [0.25, 0.3) is 22.3 Å². The first-order valence-corrected chi connectivity index (χ1v) is 31.1. The molecular formula is C76H80N6O. The number of nitrogens with zero attached hydrogens (tertiary/aromatic N) is 6. The third kappa shape index (κ3) is 14.8. The lowest BCUT2D eigenvalue weighted by atomic mass is 9.98. The maximum absolute atomic E-state index is 6.37. The molecule has 4 aromatic rings. The summed E-state index contributed by atoms with van der Waals surface area (Å²) >= 11 is 0. The summed E-state index contributed by atoms with van der Waals surface area (Å²) in [6, 6.07) is 39.8. The van der Waals surface area contributed by atoms with Gasteiger partial charge in [-0.2, -0.15) is 0 Å². The summed E-state index contributed by atoms with van der Waals surface area (Å²) in [5.74, 6) is 0.853. The molecule has 7 aliphatic heterocycles. The highest BCUT2D eigenvalue weighted by molar-refractivity contribution is 6.39. The van der Waals surface area contributed by atoms with Crippen LogP contribution in [0.3, 0.4) is 0 Å². The Morgan fingerprint density at radius 3 is 0.940 bits per heavy atom. The van der Waals surface area contributed by atoms with E-state index in [4.69, 9.17) is 24.7 Å². The van der Waals surface area contributed by atoms with Crippen LogP contribution in [0.2, 0.25) is 0 Å². The zero-order chi connectivity index (χ0) is 56.3. The molecule has 11 rings (SSSR count). The molecule has 7 heteroatoms. The molecule has 0 fully saturated rings. The highest BCUT2D eigenvalue weighted by atomic mass is 16.5. The van der Waals surface area contributed by atoms with Gasteiger partial charge in [0.25, 0.3) is 0 Å². The molecule has 0 saturated heterocycles. The highest BCUT2D eigenvalue weighted by Gasteiger charge is 2.28. The molecule has 0 atom stereocenters. The molecular weight excluding hydrogens is 1010 g/mol. The Balaban J connectivity index is 0.692. The van der Waals surface area contributed by atoms with Crippen LogP contribution in [0.4, 0.5) is 0 Å². The summed E-state index contributed by atoms with van der Waals surface area (Å²) in [5, 5.41) is 0. The first kappa shape index (κ1) is 56.4. The van der Waals surface area contributed by atoms with E-state index >= 15 is 0 Å². The predicted octanol–water partition coefficient (Wildman–Crippen LogP) is 19.1. The van der Waals surface area contributed by atoms with Crippen LogP contribution in [0, 0.1) is 0 Å². The quantitative estimate of drug-likeness (QED) is 0.0559. The van der Waals surface area contributed by atoms with E-state index in [9.17, 15) is 0 Å². The number of unbranched alkanes of at least 4 members (excludes halogenated alkanes) is 16. The van der Waals surface area contributed by atoms with E-state index in [1.807, 2.05) is 18.2 Å². The monoisotopic (exact) mass is 1090 g/mol. The van der Waals surface area contributed by atoms with Crippen molar-refractivity contribution < 1.29 is 4.74 Å². The molecule has 0 amide bonds. The number of hydrogen-bond acceptors (Lipinski definition) is 7. The summed E-state index contributed by atoms with van der Waals surface area (Å²) in [7, 11) is 0. The first-order chi connectivity index (χ1) is 41.1. The topological polar surface area (TPSA) is 65.2 Å². The van der Waals surface area contributed by atoms with E-state index in [0.29, 0.717) is 6.61 Å². The van der Waals surface area contributed by atoms with Crippen molar-refractivity contribution in [2.45, 2.75) is 122 Å². The second-order valence-electron chi connectivity index (χ2n) is 22.5. The van der Waals surface area contributed by atoms with Crippen molar-refractivity contribution in [2.75, 3.05) is 19.7 Å². The van der Waals surface area contributed by atoms with E-state index in [1.165, 1.54) is 101 Å². The fourth-order valence-corrected chi connectivity index (χ4v) is 11.8. The maximum Gasteiger partial charge on any atom is 0.119 e. The number of benzene rings is 4. The van der Waals surface area contributed by atoms with Crippen LogP contribution in [0.15, 0.2) is 267 Å². The minimum atomic E-state index is 0.672. The minimum Gasteiger partial charge on any atom is -0.494 e. The maximum atomic E-state index is 6.37. The molecule has 83 heavy (non-hydrogen) atoms. The lowest BCUT2D eigenvalue weighted by Gasteiger charge is -2.22. The smallest absolute Gasteiger partial charge is 0.119 e. The first-order valence-electron chi connectivity index (χ1n) is 31.1. The van der Waals surface area contributed by atoms with Crippen molar-refractivity contribution >= 4 is 45.1 Å². The van der Waals surface area contributed by atoms with Crippen LogP contribution < -0.4 is 4.74 Å². The van der Waals surface area contributed by atoms with Crippen LogP contribution >= 0.6 is 0 Å². The van der Waals surface area contributed by atoms with Gasteiger partial charge < -0.3 is 14.5 Å². The average Bonchev–Trinajstić information content (AvgIpc) is 4.52. The van der Waals surface area contributed by atoms with Gasteiger partial charge in [0.1, 0.15) is 5.75 Å². The fraction of sp³-hybridized carbons (Fsp3) is 0.289. The van der Waals surface area contributed by atoms with Crippen molar-refractivity contribution in [1.82, 2.24) is 9.80 Å². The Morgan fingerprint density at radius 1 is 0.301 bits per heavy atom. The minimum absolute atomic E-state index is 0.672. The molecule has 0 spiro atoms. The molecule has 0 N–H and O–H groups in total. The molecule has 0 aliphatic carbocycles. The molecule has 4 aromatic carbocycles. The summed E-state index contributed by atoms with van der Waals surface area (Å²) < 4.78 is 6.37. The number of rotatable bonds is 27. The Morgan fingerprint density at radius 2 is 0.602 bits per heavy atom. The van der Waals surface area contributed by atoms with Gasteiger partial charge in [0, 0.05) is 60.2 Å². The molecule has 0 aromatic heterocycles. The standard InChI is InChI=1S/C76H80N6O/c1-2-3-4-5-6-7-8-9-10-11-12-13-14-26-51-81-53-47-58(48-54-81)59-49-55-82(56-50-59)52-27-15-16-28-57-83-64-37-35-63(36-38-64)76-71-45-43-69(79-71)74(61-31-22-18-23-32-61)67-41-39-65(77-67)73(60-29-20-17-21-30-60)66-40-42-68(78-66)75(62-33-24-19-25-34-62)70-44-46-72(76)80-70/h17-25,29-50,53-56H,2-16,26-28,51-52,57H2,1H3. The zero-order valence-corrected chi connectivity index (χ0v) is 48.6. The fourth-order valence-electron chi connectivity index (χ4n) is 11.8. The molecule has 8 bridgehead atoms. The van der Waals surface area contributed by atoms with Gasteiger partial charge in [0.05, 0.1) is 52.2 Å². The van der Waals surface area contributed by atoms with Gasteiger partial charge in [-0.3, -0.25) is 0 Å². The Hall–Kier alpha value is -8.42. The predicted molar refractivity (Wildman–Crippen MR) is 351 cm³/mol. The van der Waals surface area contributed by atoms with Gasteiger partial charge in [0.2, 0.25) is 0 Å². The summed E-state index contributed by atoms with van der Waals surface area (Å²) in [6.45, 7) is 5.08. The van der Waals surface area contributed by atoms with Gasteiger partial charge in [-0.15, -0.1) is 0 Å². The molecule has 7 heterocycles. The molecule has 0 unspecified atom stereocenters. The van der Waals surface area contributed by atoms with E-state index in [-0.39, 0.29) is 0 Å². The van der Waals surface area contributed by atoms with Gasteiger partial charge in [-0.05, 0) is 138 Å². The largest absolute Gasteiger partial charge is 0.494 e. The summed E-state index contributed by atoms with van der Waals surface area (Å²) in [5.41, 5.74) is 17.3. The lowest BCUT2D eigenvalue weighted by Crippen LogP contribution is -2.15. The van der Waals surface area contributed by atoms with Gasteiger partial charge in [0.15, 0.2) is 0 Å². The number of ether oxygens (including phenoxy) is 1. The van der Waals surface area contributed by atoms with E-state index < -0.39 is 0 Å². The second-order valence-corrected chi connectivity index (χ2v) is 22.5. The zero-order valence-electron chi connectivity index (χ0n) is 48.6. The molecule has 0 saturated carbocycles. The van der Waals surface area contributed by atoms with Crippen LogP contribution in [0.1, 0.15) is 145 Å². The van der Waals surface area contributed by atoms with Crippen LogP contribution in [-0.2, 0) is 0 Å². The molecule has 7 nitrogen and oxygen atoms in total. The van der Waals surface area contributed by atoms with E-state index in [1.54, 1.807) is 0 Å². The third-order valence-corrected chi connectivity index (χ3v) is 16.4.